The number of hydrogen-bond acceptors (Lipinski definition) is 2. The van der Waals surface area contributed by atoms with Gasteiger partial charge in [0.1, 0.15) is 0 Å². The van der Waals surface area contributed by atoms with Crippen molar-refractivity contribution in [1.82, 2.24) is 5.32 Å². The zero-order valence-electron chi connectivity index (χ0n) is 8.68. The van der Waals surface area contributed by atoms with Crippen LogP contribution in [0.4, 0.5) is 0 Å². The van der Waals surface area contributed by atoms with Crippen molar-refractivity contribution < 1.29 is 0 Å². The van der Waals surface area contributed by atoms with Crippen LogP contribution in [0.2, 0.25) is 0 Å². The Morgan fingerprint density at radius 1 is 1.38 bits per heavy atom. The van der Waals surface area contributed by atoms with Gasteiger partial charge in [0, 0.05) is 12.1 Å². The maximum atomic E-state index is 5.90. The van der Waals surface area contributed by atoms with Gasteiger partial charge in [-0.25, -0.2) is 0 Å². The topological polar surface area (TPSA) is 38.0 Å². The Hall–Kier alpha value is -0.0800. The summed E-state index contributed by atoms with van der Waals surface area (Å²) in [5.41, 5.74) is 6.20. The third-order valence-corrected chi connectivity index (χ3v) is 4.01. The second-order valence-corrected chi connectivity index (χ2v) is 4.98. The molecule has 2 unspecified atom stereocenters. The van der Waals surface area contributed by atoms with E-state index in [1.807, 2.05) is 0 Å². The molecule has 3 N–H and O–H groups in total. The van der Waals surface area contributed by atoms with Crippen LogP contribution >= 0.6 is 0 Å². The van der Waals surface area contributed by atoms with Crippen LogP contribution in [-0.2, 0) is 0 Å². The number of hydrogen-bond donors (Lipinski definition) is 2. The summed E-state index contributed by atoms with van der Waals surface area (Å²) in [6, 6.07) is 0. The number of rotatable bonds is 4. The molecule has 2 fully saturated rings. The maximum Gasteiger partial charge on any atom is 0.0329 e. The molecule has 13 heavy (non-hydrogen) atoms. The van der Waals surface area contributed by atoms with Crippen molar-refractivity contribution in [1.29, 1.82) is 0 Å². The minimum Gasteiger partial charge on any atom is -0.329 e. The van der Waals surface area contributed by atoms with Gasteiger partial charge < -0.3 is 11.1 Å². The summed E-state index contributed by atoms with van der Waals surface area (Å²) in [7, 11) is 0. The summed E-state index contributed by atoms with van der Waals surface area (Å²) in [6.45, 7) is 4.38. The highest BCUT2D eigenvalue weighted by Crippen LogP contribution is 2.36. The first-order valence-corrected chi connectivity index (χ1v) is 5.72. The van der Waals surface area contributed by atoms with E-state index >= 15 is 0 Å². The van der Waals surface area contributed by atoms with E-state index < -0.39 is 0 Å². The fourth-order valence-corrected chi connectivity index (χ4v) is 2.55. The molecule has 0 aromatic rings. The second-order valence-electron chi connectivity index (χ2n) is 4.98. The van der Waals surface area contributed by atoms with Gasteiger partial charge in [-0.2, -0.15) is 0 Å². The van der Waals surface area contributed by atoms with Crippen molar-refractivity contribution in [2.75, 3.05) is 13.1 Å². The summed E-state index contributed by atoms with van der Waals surface area (Å²) in [4.78, 5) is 0. The third kappa shape index (κ3) is 1.89. The lowest BCUT2D eigenvalue weighted by molar-refractivity contribution is 0.263. The minimum atomic E-state index is 0.294. The van der Waals surface area contributed by atoms with Crippen molar-refractivity contribution in [2.24, 2.45) is 17.6 Å². The van der Waals surface area contributed by atoms with E-state index in [1.54, 1.807) is 0 Å². The average Bonchev–Trinajstić information content (AvgIpc) is 2.89. The van der Waals surface area contributed by atoms with Crippen LogP contribution in [0.5, 0.6) is 0 Å². The zero-order chi connectivity index (χ0) is 9.31. The molecule has 76 valence electrons. The van der Waals surface area contributed by atoms with E-state index in [4.69, 9.17) is 5.73 Å². The molecule has 0 amide bonds. The van der Waals surface area contributed by atoms with Crippen LogP contribution in [0.25, 0.3) is 0 Å². The predicted octanol–water partition coefficient (Wildman–Crippen LogP) is 1.50. The second kappa shape index (κ2) is 3.58. The van der Waals surface area contributed by atoms with Crippen LogP contribution in [0.1, 0.15) is 39.0 Å². The molecule has 0 bridgehead atoms. The molecule has 0 radical (unpaired) electrons. The van der Waals surface area contributed by atoms with E-state index in [1.165, 1.54) is 38.6 Å². The van der Waals surface area contributed by atoms with E-state index in [0.29, 0.717) is 5.54 Å². The van der Waals surface area contributed by atoms with E-state index in [2.05, 4.69) is 12.2 Å². The molecule has 2 heteroatoms. The average molecular weight is 182 g/mol. The van der Waals surface area contributed by atoms with Crippen LogP contribution in [-0.4, -0.2) is 18.6 Å². The molecule has 0 aromatic carbocycles. The fourth-order valence-electron chi connectivity index (χ4n) is 2.55. The molecule has 2 rings (SSSR count). The van der Waals surface area contributed by atoms with Gasteiger partial charge in [-0.05, 0) is 44.1 Å². The monoisotopic (exact) mass is 182 g/mol. The van der Waals surface area contributed by atoms with E-state index in [-0.39, 0.29) is 0 Å². The van der Waals surface area contributed by atoms with Crippen molar-refractivity contribution in [3.8, 4) is 0 Å². The highest BCUT2D eigenvalue weighted by molar-refractivity contribution is 4.99. The summed E-state index contributed by atoms with van der Waals surface area (Å²) in [5, 5.41) is 3.73. The van der Waals surface area contributed by atoms with Gasteiger partial charge >= 0.3 is 0 Å². The lowest BCUT2D eigenvalue weighted by atomic mass is 9.88. The van der Waals surface area contributed by atoms with E-state index in [9.17, 15) is 0 Å². The number of nitrogens with two attached hydrogens (primary N) is 1. The smallest absolute Gasteiger partial charge is 0.0329 e. The Kier molecular flexibility index (Phi) is 2.61. The van der Waals surface area contributed by atoms with Crippen LogP contribution in [0.15, 0.2) is 0 Å². The van der Waals surface area contributed by atoms with Gasteiger partial charge in [0.05, 0.1) is 0 Å². The zero-order valence-corrected chi connectivity index (χ0v) is 8.68. The van der Waals surface area contributed by atoms with Crippen molar-refractivity contribution >= 4 is 0 Å². The molecule has 0 aliphatic heterocycles. The normalized spacial score (nSPS) is 39.7. The van der Waals surface area contributed by atoms with Crippen molar-refractivity contribution in [2.45, 2.75) is 44.6 Å². The molecule has 2 saturated carbocycles. The van der Waals surface area contributed by atoms with Crippen molar-refractivity contribution in [3.05, 3.63) is 0 Å². The summed E-state index contributed by atoms with van der Waals surface area (Å²) in [5.74, 6) is 1.74. The van der Waals surface area contributed by atoms with E-state index in [0.717, 1.165) is 18.4 Å². The molecule has 0 heterocycles. The fraction of sp³-hybridized carbons (Fsp3) is 1.00. The Morgan fingerprint density at radius 3 is 2.62 bits per heavy atom. The highest BCUT2D eigenvalue weighted by atomic mass is 15.0. The molecule has 0 saturated heterocycles. The Morgan fingerprint density at radius 2 is 2.15 bits per heavy atom. The summed E-state index contributed by atoms with van der Waals surface area (Å²) in [6.07, 6.45) is 6.87. The molecule has 2 nitrogen and oxygen atoms in total. The van der Waals surface area contributed by atoms with Crippen LogP contribution in [0, 0.1) is 11.8 Å². The first kappa shape index (κ1) is 9.47. The molecular weight excluding hydrogens is 160 g/mol. The van der Waals surface area contributed by atoms with Gasteiger partial charge in [0.25, 0.3) is 0 Å². The molecule has 2 atom stereocenters. The Balaban J connectivity index is 1.88. The van der Waals surface area contributed by atoms with Crippen molar-refractivity contribution in [3.63, 3.8) is 0 Å². The lowest BCUT2D eigenvalue weighted by Crippen LogP contribution is -2.53. The Labute approximate surface area is 81.3 Å². The molecular formula is C11H22N2. The standard InChI is InChI=1S/C11H22N2/c1-9-3-2-6-11(9,8-12)13-7-10-4-5-10/h9-10,13H,2-8,12H2,1H3. The first-order chi connectivity index (χ1) is 6.27. The summed E-state index contributed by atoms with van der Waals surface area (Å²) < 4.78 is 0. The highest BCUT2D eigenvalue weighted by Gasteiger charge is 2.39. The van der Waals surface area contributed by atoms with Gasteiger partial charge in [-0.3, -0.25) is 0 Å². The van der Waals surface area contributed by atoms with Gasteiger partial charge in [-0.15, -0.1) is 0 Å². The van der Waals surface area contributed by atoms with Crippen LogP contribution in [0.3, 0.4) is 0 Å². The molecule has 2 aliphatic carbocycles. The first-order valence-electron chi connectivity index (χ1n) is 5.72. The number of nitrogens with one attached hydrogen (secondary N) is 1. The molecule has 0 spiro atoms. The van der Waals surface area contributed by atoms with Gasteiger partial charge in [-0.1, -0.05) is 13.3 Å². The van der Waals surface area contributed by atoms with Gasteiger partial charge in [0.15, 0.2) is 0 Å². The molecule has 2 aliphatic rings. The third-order valence-electron chi connectivity index (χ3n) is 4.01. The largest absolute Gasteiger partial charge is 0.329 e. The van der Waals surface area contributed by atoms with Crippen LogP contribution < -0.4 is 11.1 Å². The SMILES string of the molecule is CC1CCCC1(CN)NCC1CC1. The summed E-state index contributed by atoms with van der Waals surface area (Å²) >= 11 is 0. The maximum absolute atomic E-state index is 5.90. The minimum absolute atomic E-state index is 0.294. The van der Waals surface area contributed by atoms with Gasteiger partial charge in [0.2, 0.25) is 0 Å². The lowest BCUT2D eigenvalue weighted by Gasteiger charge is -2.34. The molecule has 0 aromatic heterocycles. The predicted molar refractivity (Wildman–Crippen MR) is 55.5 cm³/mol. The Bertz CT molecular complexity index is 177. The quantitative estimate of drug-likeness (QED) is 0.691.